The minimum atomic E-state index is -0.318. The third-order valence-corrected chi connectivity index (χ3v) is 2.84. The topological polar surface area (TPSA) is 82.2 Å². The van der Waals surface area contributed by atoms with Crippen LogP contribution in [0.3, 0.4) is 0 Å². The fourth-order valence-electron chi connectivity index (χ4n) is 1.72. The number of carbonyl (C=O) groups excluding carboxylic acids is 1. The molecule has 0 fully saturated rings. The molecule has 0 saturated heterocycles. The summed E-state index contributed by atoms with van der Waals surface area (Å²) in [5.41, 5.74) is 2.33. The molecule has 0 spiro atoms. The highest BCUT2D eigenvalue weighted by Crippen LogP contribution is 2.17. The van der Waals surface area contributed by atoms with E-state index in [1.165, 1.54) is 18.3 Å². The van der Waals surface area contributed by atoms with Crippen LogP contribution in [0.1, 0.15) is 21.5 Å². The van der Waals surface area contributed by atoms with E-state index in [1.54, 1.807) is 6.07 Å². The average molecular weight is 282 g/mol. The lowest BCUT2D eigenvalue weighted by Crippen LogP contribution is -2.15. The molecule has 0 saturated carbocycles. The minimum Gasteiger partial charge on any atom is -0.384 e. The summed E-state index contributed by atoms with van der Waals surface area (Å²) in [4.78, 5) is 25.5. The number of rotatable bonds is 2. The standard InChI is InChI=1S/C16H14N2O3/c1-11-4-5-12(3-2-8-19)9-14(11)18-16(21)13-6-7-15(20)17-10-13/h4-7,9-10,19H,8H2,1H3,(H,17,20)(H,18,21). The smallest absolute Gasteiger partial charge is 0.257 e. The molecule has 5 heteroatoms. The lowest BCUT2D eigenvalue weighted by Gasteiger charge is -2.08. The van der Waals surface area contributed by atoms with Crippen molar-refractivity contribution in [1.29, 1.82) is 0 Å². The Hall–Kier alpha value is -2.84. The van der Waals surface area contributed by atoms with Gasteiger partial charge in [-0.25, -0.2) is 0 Å². The number of aliphatic hydroxyl groups excluding tert-OH is 1. The Morgan fingerprint density at radius 1 is 1.33 bits per heavy atom. The number of aryl methyl sites for hydroxylation is 1. The van der Waals surface area contributed by atoms with E-state index in [0.717, 1.165) is 5.56 Å². The summed E-state index contributed by atoms with van der Waals surface area (Å²) in [6.45, 7) is 1.65. The van der Waals surface area contributed by atoms with Crippen molar-refractivity contribution in [3.63, 3.8) is 0 Å². The Bertz CT molecular complexity index is 762. The van der Waals surface area contributed by atoms with Crippen molar-refractivity contribution in [2.75, 3.05) is 11.9 Å². The number of anilines is 1. The molecule has 1 aromatic carbocycles. The van der Waals surface area contributed by atoms with Crippen molar-refractivity contribution < 1.29 is 9.90 Å². The first-order valence-corrected chi connectivity index (χ1v) is 6.30. The zero-order valence-corrected chi connectivity index (χ0v) is 11.4. The van der Waals surface area contributed by atoms with Gasteiger partial charge in [-0.1, -0.05) is 17.9 Å². The summed E-state index contributed by atoms with van der Waals surface area (Å²) >= 11 is 0. The second kappa shape index (κ2) is 6.55. The Morgan fingerprint density at radius 2 is 2.14 bits per heavy atom. The Balaban J connectivity index is 2.24. The first kappa shape index (κ1) is 14.6. The van der Waals surface area contributed by atoms with Crippen molar-refractivity contribution in [2.24, 2.45) is 0 Å². The molecular weight excluding hydrogens is 268 g/mol. The van der Waals surface area contributed by atoms with E-state index >= 15 is 0 Å². The summed E-state index contributed by atoms with van der Waals surface area (Å²) in [7, 11) is 0. The van der Waals surface area contributed by atoms with Gasteiger partial charge in [-0.2, -0.15) is 0 Å². The largest absolute Gasteiger partial charge is 0.384 e. The molecule has 0 radical (unpaired) electrons. The SMILES string of the molecule is Cc1ccc(C#CCO)cc1NC(=O)c1ccc(=O)[nH]c1. The number of amides is 1. The number of carbonyl (C=O) groups is 1. The summed E-state index contributed by atoms with van der Waals surface area (Å²) in [5.74, 6) is 5.02. The molecule has 5 nitrogen and oxygen atoms in total. The molecule has 1 aromatic heterocycles. The van der Waals surface area contributed by atoms with Gasteiger partial charge in [-0.3, -0.25) is 9.59 Å². The van der Waals surface area contributed by atoms with E-state index < -0.39 is 0 Å². The lowest BCUT2D eigenvalue weighted by molar-refractivity contribution is 0.102. The van der Waals surface area contributed by atoms with Crippen molar-refractivity contribution in [3.8, 4) is 11.8 Å². The van der Waals surface area contributed by atoms with Crippen molar-refractivity contribution in [3.05, 3.63) is 63.6 Å². The maximum atomic E-state index is 12.1. The van der Waals surface area contributed by atoms with Crippen molar-refractivity contribution in [2.45, 2.75) is 6.92 Å². The van der Waals surface area contributed by atoms with Gasteiger partial charge in [0.05, 0.1) is 5.56 Å². The van der Waals surface area contributed by atoms with Gasteiger partial charge in [0.15, 0.2) is 0 Å². The molecule has 0 aliphatic rings. The van der Waals surface area contributed by atoms with Gasteiger partial charge >= 0.3 is 0 Å². The minimum absolute atomic E-state index is 0.215. The monoisotopic (exact) mass is 282 g/mol. The quantitative estimate of drug-likeness (QED) is 0.726. The van der Waals surface area contributed by atoms with Crippen LogP contribution < -0.4 is 10.9 Å². The summed E-state index contributed by atoms with van der Waals surface area (Å²) in [6.07, 6.45) is 1.36. The van der Waals surface area contributed by atoms with Crippen LogP contribution in [-0.4, -0.2) is 22.6 Å². The highest BCUT2D eigenvalue weighted by atomic mass is 16.2. The Kier molecular flexibility index (Phi) is 4.54. The second-order valence-electron chi connectivity index (χ2n) is 4.39. The van der Waals surface area contributed by atoms with Crippen LogP contribution in [0.2, 0.25) is 0 Å². The number of aromatic amines is 1. The number of pyridine rings is 1. The number of hydrogen-bond donors (Lipinski definition) is 3. The number of benzene rings is 1. The van der Waals surface area contributed by atoms with Crippen molar-refractivity contribution in [1.82, 2.24) is 4.98 Å². The molecule has 3 N–H and O–H groups in total. The molecule has 0 unspecified atom stereocenters. The van der Waals surface area contributed by atoms with E-state index in [9.17, 15) is 9.59 Å². The van der Waals surface area contributed by atoms with Crippen LogP contribution in [-0.2, 0) is 0 Å². The molecule has 0 aliphatic heterocycles. The predicted octanol–water partition coefficient (Wildman–Crippen LogP) is 1.28. The highest BCUT2D eigenvalue weighted by molar-refractivity contribution is 6.04. The van der Waals surface area contributed by atoms with Crippen molar-refractivity contribution >= 4 is 11.6 Å². The van der Waals surface area contributed by atoms with E-state index in [2.05, 4.69) is 22.1 Å². The molecule has 0 bridgehead atoms. The Labute approximate surface area is 121 Å². The molecule has 2 rings (SSSR count). The third-order valence-electron chi connectivity index (χ3n) is 2.84. The van der Waals surface area contributed by atoms with Gasteiger partial charge in [0.2, 0.25) is 5.56 Å². The Morgan fingerprint density at radius 3 is 2.81 bits per heavy atom. The fourth-order valence-corrected chi connectivity index (χ4v) is 1.72. The molecule has 1 heterocycles. The summed E-state index contributed by atoms with van der Waals surface area (Å²) < 4.78 is 0. The average Bonchev–Trinajstić information content (AvgIpc) is 2.48. The lowest BCUT2D eigenvalue weighted by atomic mass is 10.1. The molecule has 2 aromatic rings. The van der Waals surface area contributed by atoms with Gasteiger partial charge in [0.25, 0.3) is 5.91 Å². The molecule has 0 atom stereocenters. The van der Waals surface area contributed by atoms with Crippen LogP contribution in [0.4, 0.5) is 5.69 Å². The van der Waals surface area contributed by atoms with Crippen LogP contribution in [0.15, 0.2) is 41.3 Å². The highest BCUT2D eigenvalue weighted by Gasteiger charge is 2.08. The maximum Gasteiger partial charge on any atom is 0.257 e. The van der Waals surface area contributed by atoms with Gasteiger partial charge in [0, 0.05) is 23.5 Å². The predicted molar refractivity (Wildman–Crippen MR) is 80.2 cm³/mol. The van der Waals surface area contributed by atoms with E-state index in [0.29, 0.717) is 16.8 Å². The molecule has 0 aliphatic carbocycles. The number of nitrogens with one attached hydrogen (secondary N) is 2. The van der Waals surface area contributed by atoms with Crippen LogP contribution in [0, 0.1) is 18.8 Å². The van der Waals surface area contributed by atoms with Crippen LogP contribution >= 0.6 is 0 Å². The number of aliphatic hydroxyl groups is 1. The van der Waals surface area contributed by atoms with E-state index in [-0.39, 0.29) is 18.1 Å². The van der Waals surface area contributed by atoms with Crippen LogP contribution in [0.25, 0.3) is 0 Å². The summed E-state index contributed by atoms with van der Waals surface area (Å²) in [6, 6.07) is 8.14. The van der Waals surface area contributed by atoms with Gasteiger partial charge in [0.1, 0.15) is 6.61 Å². The number of aromatic nitrogens is 1. The zero-order chi connectivity index (χ0) is 15.2. The van der Waals surface area contributed by atoms with Gasteiger partial charge in [-0.15, -0.1) is 0 Å². The molecule has 1 amide bonds. The summed E-state index contributed by atoms with van der Waals surface area (Å²) in [5, 5.41) is 11.5. The first-order chi connectivity index (χ1) is 10.1. The second-order valence-corrected chi connectivity index (χ2v) is 4.39. The zero-order valence-electron chi connectivity index (χ0n) is 11.4. The number of H-pyrrole nitrogens is 1. The molecular formula is C16H14N2O3. The van der Waals surface area contributed by atoms with Gasteiger partial charge < -0.3 is 15.4 Å². The third kappa shape index (κ3) is 3.81. The fraction of sp³-hybridized carbons (Fsp3) is 0.125. The molecule has 21 heavy (non-hydrogen) atoms. The van der Waals surface area contributed by atoms with E-state index in [1.807, 2.05) is 19.1 Å². The maximum absolute atomic E-state index is 12.1. The van der Waals surface area contributed by atoms with Gasteiger partial charge in [-0.05, 0) is 30.7 Å². The van der Waals surface area contributed by atoms with Crippen LogP contribution in [0.5, 0.6) is 0 Å². The molecule has 106 valence electrons. The normalized spacial score (nSPS) is 9.62. The first-order valence-electron chi connectivity index (χ1n) is 6.30. The van der Waals surface area contributed by atoms with E-state index in [4.69, 9.17) is 5.11 Å². The number of hydrogen-bond acceptors (Lipinski definition) is 3.